The molecule has 0 aliphatic carbocycles. The number of nitrogens with zero attached hydrogens (tertiary/aromatic N) is 1. The highest BCUT2D eigenvalue weighted by atomic mass is 35.5. The van der Waals surface area contributed by atoms with E-state index in [-0.39, 0.29) is 11.6 Å². The van der Waals surface area contributed by atoms with Crippen LogP contribution in [0.15, 0.2) is 18.5 Å². The maximum Gasteiger partial charge on any atom is 0.139 e. The predicted octanol–water partition coefficient (Wildman–Crippen LogP) is 2.89. The van der Waals surface area contributed by atoms with E-state index in [9.17, 15) is 0 Å². The fourth-order valence-electron chi connectivity index (χ4n) is 1.18. The zero-order chi connectivity index (χ0) is 12.2. The standard InChI is InChI=1S/C12H19ClN2O/c1-9(6-15-12(2,3)4)16-11-5-10(13)7-14-8-11/h5,7-9,15H,6H2,1-4H3. The van der Waals surface area contributed by atoms with Crippen molar-refractivity contribution in [1.82, 2.24) is 10.3 Å². The van der Waals surface area contributed by atoms with Gasteiger partial charge in [-0.15, -0.1) is 0 Å². The third-order valence-corrected chi connectivity index (χ3v) is 2.14. The largest absolute Gasteiger partial charge is 0.488 e. The SMILES string of the molecule is CC(CNC(C)(C)C)Oc1cncc(Cl)c1. The Morgan fingerprint density at radius 1 is 1.44 bits per heavy atom. The number of nitrogens with one attached hydrogen (secondary N) is 1. The average molecular weight is 243 g/mol. The van der Waals surface area contributed by atoms with Gasteiger partial charge in [-0.05, 0) is 27.7 Å². The first-order valence-electron chi connectivity index (χ1n) is 5.39. The first-order valence-corrected chi connectivity index (χ1v) is 5.77. The molecule has 1 rings (SSSR count). The monoisotopic (exact) mass is 242 g/mol. The van der Waals surface area contributed by atoms with Crippen LogP contribution in [0.25, 0.3) is 0 Å². The molecule has 0 aliphatic rings. The lowest BCUT2D eigenvalue weighted by molar-refractivity contribution is 0.202. The van der Waals surface area contributed by atoms with Crippen LogP contribution in [0.5, 0.6) is 5.75 Å². The minimum atomic E-state index is 0.0829. The van der Waals surface area contributed by atoms with Gasteiger partial charge in [-0.25, -0.2) is 0 Å². The molecule has 1 heterocycles. The zero-order valence-electron chi connectivity index (χ0n) is 10.2. The van der Waals surface area contributed by atoms with Crippen LogP contribution in [-0.4, -0.2) is 23.2 Å². The molecular weight excluding hydrogens is 224 g/mol. The second-order valence-corrected chi connectivity index (χ2v) is 5.33. The molecule has 0 saturated heterocycles. The van der Waals surface area contributed by atoms with Crippen LogP contribution in [0.3, 0.4) is 0 Å². The van der Waals surface area contributed by atoms with Gasteiger partial charge in [0.15, 0.2) is 0 Å². The summed E-state index contributed by atoms with van der Waals surface area (Å²) in [5, 5.41) is 3.97. The summed E-state index contributed by atoms with van der Waals surface area (Å²) >= 11 is 5.82. The smallest absolute Gasteiger partial charge is 0.139 e. The van der Waals surface area contributed by atoms with Gasteiger partial charge >= 0.3 is 0 Å². The first-order chi connectivity index (χ1) is 7.37. The molecule has 90 valence electrons. The lowest BCUT2D eigenvalue weighted by Gasteiger charge is -2.23. The molecular formula is C12H19ClN2O. The second-order valence-electron chi connectivity index (χ2n) is 4.90. The molecule has 0 bridgehead atoms. The molecule has 0 amide bonds. The molecule has 0 aliphatic heterocycles. The first kappa shape index (κ1) is 13.3. The van der Waals surface area contributed by atoms with Crippen LogP contribution >= 0.6 is 11.6 Å². The van der Waals surface area contributed by atoms with E-state index in [1.807, 2.05) is 6.92 Å². The van der Waals surface area contributed by atoms with Crippen LogP contribution < -0.4 is 10.1 Å². The number of halogens is 1. The molecule has 0 fully saturated rings. The zero-order valence-corrected chi connectivity index (χ0v) is 11.0. The molecule has 1 atom stereocenters. The Bertz CT molecular complexity index is 336. The summed E-state index contributed by atoms with van der Waals surface area (Å²) in [6.45, 7) is 9.18. The summed E-state index contributed by atoms with van der Waals surface area (Å²) in [4.78, 5) is 3.97. The van der Waals surface area contributed by atoms with Gasteiger partial charge in [0.2, 0.25) is 0 Å². The Morgan fingerprint density at radius 2 is 2.12 bits per heavy atom. The van der Waals surface area contributed by atoms with Crippen LogP contribution in [-0.2, 0) is 0 Å². The van der Waals surface area contributed by atoms with Crippen molar-refractivity contribution >= 4 is 11.6 Å². The van der Waals surface area contributed by atoms with Gasteiger partial charge in [-0.1, -0.05) is 11.6 Å². The maximum atomic E-state index is 5.82. The highest BCUT2D eigenvalue weighted by molar-refractivity contribution is 6.30. The van der Waals surface area contributed by atoms with E-state index in [2.05, 4.69) is 31.1 Å². The number of rotatable bonds is 4. The quantitative estimate of drug-likeness (QED) is 0.882. The Morgan fingerprint density at radius 3 is 2.69 bits per heavy atom. The summed E-state index contributed by atoms with van der Waals surface area (Å²) in [6, 6.07) is 1.77. The summed E-state index contributed by atoms with van der Waals surface area (Å²) in [6.07, 6.45) is 3.34. The number of pyridine rings is 1. The molecule has 0 saturated carbocycles. The van der Waals surface area contributed by atoms with Crippen LogP contribution in [0.2, 0.25) is 5.02 Å². The molecule has 1 aromatic heterocycles. The second kappa shape index (κ2) is 5.51. The molecule has 3 nitrogen and oxygen atoms in total. The van der Waals surface area contributed by atoms with E-state index in [0.717, 1.165) is 6.54 Å². The van der Waals surface area contributed by atoms with E-state index in [1.165, 1.54) is 0 Å². The maximum absolute atomic E-state index is 5.82. The fourth-order valence-corrected chi connectivity index (χ4v) is 1.34. The van der Waals surface area contributed by atoms with Crippen molar-refractivity contribution in [3.63, 3.8) is 0 Å². The van der Waals surface area contributed by atoms with E-state index in [0.29, 0.717) is 10.8 Å². The average Bonchev–Trinajstić information content (AvgIpc) is 2.14. The van der Waals surface area contributed by atoms with Gasteiger partial charge in [-0.3, -0.25) is 4.98 Å². The molecule has 1 aromatic rings. The van der Waals surface area contributed by atoms with E-state index in [1.54, 1.807) is 18.5 Å². The van der Waals surface area contributed by atoms with Crippen molar-refractivity contribution in [2.24, 2.45) is 0 Å². The van der Waals surface area contributed by atoms with Crippen LogP contribution in [0.1, 0.15) is 27.7 Å². The number of hydrogen-bond donors (Lipinski definition) is 1. The molecule has 0 spiro atoms. The van der Waals surface area contributed by atoms with Crippen LogP contribution in [0, 0.1) is 0 Å². The van der Waals surface area contributed by atoms with Crippen molar-refractivity contribution < 1.29 is 4.74 Å². The fraction of sp³-hybridized carbons (Fsp3) is 0.583. The minimum absolute atomic E-state index is 0.0829. The van der Waals surface area contributed by atoms with Crippen molar-refractivity contribution in [3.8, 4) is 5.75 Å². The molecule has 0 radical (unpaired) electrons. The van der Waals surface area contributed by atoms with E-state index < -0.39 is 0 Å². The van der Waals surface area contributed by atoms with Crippen molar-refractivity contribution in [2.45, 2.75) is 39.3 Å². The summed E-state index contributed by atoms with van der Waals surface area (Å²) in [7, 11) is 0. The molecule has 4 heteroatoms. The normalized spacial score (nSPS) is 13.6. The van der Waals surface area contributed by atoms with Gasteiger partial charge in [0.25, 0.3) is 0 Å². The Labute approximate surface area is 102 Å². The minimum Gasteiger partial charge on any atom is -0.488 e. The molecule has 1 N–H and O–H groups in total. The topological polar surface area (TPSA) is 34.1 Å². The highest BCUT2D eigenvalue weighted by Gasteiger charge is 2.12. The van der Waals surface area contributed by atoms with Gasteiger partial charge in [0.05, 0.1) is 11.2 Å². The number of ether oxygens (including phenoxy) is 1. The predicted molar refractivity (Wildman–Crippen MR) is 67.1 cm³/mol. The van der Waals surface area contributed by atoms with Crippen LogP contribution in [0.4, 0.5) is 0 Å². The van der Waals surface area contributed by atoms with Gasteiger partial charge in [0, 0.05) is 24.3 Å². The third-order valence-electron chi connectivity index (χ3n) is 1.94. The lowest BCUT2D eigenvalue weighted by atomic mass is 10.1. The Balaban J connectivity index is 2.43. The molecule has 1 unspecified atom stereocenters. The lowest BCUT2D eigenvalue weighted by Crippen LogP contribution is -2.41. The van der Waals surface area contributed by atoms with E-state index >= 15 is 0 Å². The van der Waals surface area contributed by atoms with Gasteiger partial charge in [-0.2, -0.15) is 0 Å². The number of aromatic nitrogens is 1. The third kappa shape index (κ3) is 5.33. The summed E-state index contributed by atoms with van der Waals surface area (Å²) < 4.78 is 5.68. The summed E-state index contributed by atoms with van der Waals surface area (Å²) in [5.74, 6) is 0.704. The number of hydrogen-bond acceptors (Lipinski definition) is 3. The van der Waals surface area contributed by atoms with Crippen molar-refractivity contribution in [3.05, 3.63) is 23.5 Å². The van der Waals surface area contributed by atoms with Crippen molar-refractivity contribution in [1.29, 1.82) is 0 Å². The summed E-state index contributed by atoms with van der Waals surface area (Å²) in [5.41, 5.74) is 0.101. The Kier molecular flexibility index (Phi) is 4.56. The van der Waals surface area contributed by atoms with E-state index in [4.69, 9.17) is 16.3 Å². The van der Waals surface area contributed by atoms with Gasteiger partial charge in [0.1, 0.15) is 11.9 Å². The Hall–Kier alpha value is -0.800. The highest BCUT2D eigenvalue weighted by Crippen LogP contribution is 2.16. The molecule has 16 heavy (non-hydrogen) atoms. The molecule has 0 aromatic carbocycles. The van der Waals surface area contributed by atoms with Crippen molar-refractivity contribution in [2.75, 3.05) is 6.54 Å². The van der Waals surface area contributed by atoms with Gasteiger partial charge < -0.3 is 10.1 Å².